The number of hydrogen-bond donors (Lipinski definition) is 0. The lowest BCUT2D eigenvalue weighted by atomic mass is 9.87. The van der Waals surface area contributed by atoms with Crippen LogP contribution in [0.25, 0.3) is 0 Å². The van der Waals surface area contributed by atoms with Gasteiger partial charge in [-0.15, -0.1) is 35.3 Å². The zero-order valence-corrected chi connectivity index (χ0v) is 31.3. The first kappa shape index (κ1) is 37.0. The van der Waals surface area contributed by atoms with Gasteiger partial charge in [0.25, 0.3) is 0 Å². The quantitative estimate of drug-likeness (QED) is 0.227. The monoisotopic (exact) mass is 634 g/mol. The molecule has 3 aliphatic carbocycles. The highest BCUT2D eigenvalue weighted by Gasteiger charge is 2.21. The largest absolute Gasteiger partial charge is 0.162 e. The Hall–Kier alpha value is -2.45. The van der Waals surface area contributed by atoms with Gasteiger partial charge in [0.2, 0.25) is 0 Å². The molecule has 0 heterocycles. The second kappa shape index (κ2) is 20.6. The summed E-state index contributed by atoms with van der Waals surface area (Å²) in [6.45, 7) is 9.43. The first-order valence-electron chi connectivity index (χ1n) is 18.3. The Morgan fingerprint density at radius 1 is 0.489 bits per heavy atom. The van der Waals surface area contributed by atoms with Crippen LogP contribution in [-0.2, 0) is 0 Å². The molecule has 45 heavy (non-hydrogen) atoms. The van der Waals surface area contributed by atoms with Crippen molar-refractivity contribution in [1.82, 2.24) is 0 Å². The van der Waals surface area contributed by atoms with Crippen LogP contribution >= 0.6 is 0 Å². The van der Waals surface area contributed by atoms with Gasteiger partial charge in [-0.1, -0.05) is 145 Å². The van der Waals surface area contributed by atoms with E-state index in [9.17, 15) is 0 Å². The maximum absolute atomic E-state index is 5.21. The van der Waals surface area contributed by atoms with Crippen molar-refractivity contribution in [3.8, 4) is 35.3 Å². The molecule has 0 amide bonds. The van der Waals surface area contributed by atoms with Crippen molar-refractivity contribution in [1.29, 1.82) is 0 Å². The van der Waals surface area contributed by atoms with Crippen molar-refractivity contribution in [2.24, 2.45) is 17.8 Å². The van der Waals surface area contributed by atoms with Gasteiger partial charge >= 0.3 is 0 Å². The van der Waals surface area contributed by atoms with E-state index < -0.39 is 16.1 Å². The van der Waals surface area contributed by atoms with E-state index in [2.05, 4.69) is 116 Å². The van der Waals surface area contributed by atoms with E-state index in [1.165, 1.54) is 107 Å². The van der Waals surface area contributed by atoms with Crippen molar-refractivity contribution in [2.75, 3.05) is 0 Å². The fraction of sp³-hybridized carbons (Fsp3) is 0.581. The summed E-state index contributed by atoms with van der Waals surface area (Å²) in [6, 6.07) is 21.7. The second-order valence-corrected chi connectivity index (χ2v) is 23.1. The van der Waals surface area contributed by atoms with E-state index in [1.807, 2.05) is 0 Å². The lowest BCUT2D eigenvalue weighted by Crippen LogP contribution is -2.39. The maximum Gasteiger partial charge on any atom is 0.162 e. The molecule has 3 fully saturated rings. The minimum atomic E-state index is -1.53. The molecule has 5 rings (SSSR count). The van der Waals surface area contributed by atoms with Crippen LogP contribution in [0.3, 0.4) is 0 Å². The molecule has 2 aromatic carbocycles. The number of hydrogen-bond acceptors (Lipinski definition) is 0. The van der Waals surface area contributed by atoms with Crippen molar-refractivity contribution in [3.05, 3.63) is 60.7 Å². The molecular weight excluding hydrogens is 573 g/mol. The number of terminal acetylenes is 1. The van der Waals surface area contributed by atoms with E-state index in [0.29, 0.717) is 0 Å². The average molecular weight is 635 g/mol. The van der Waals surface area contributed by atoms with Crippen LogP contribution in [-0.4, -0.2) is 16.1 Å². The summed E-state index contributed by atoms with van der Waals surface area (Å²) < 4.78 is 0. The van der Waals surface area contributed by atoms with Gasteiger partial charge in [-0.2, -0.15) is 0 Å². The first-order chi connectivity index (χ1) is 21.8. The summed E-state index contributed by atoms with van der Waals surface area (Å²) in [7, 11) is -3.05. The van der Waals surface area contributed by atoms with E-state index in [-0.39, 0.29) is 0 Å². The van der Waals surface area contributed by atoms with E-state index in [4.69, 9.17) is 6.42 Å². The van der Waals surface area contributed by atoms with Crippen molar-refractivity contribution in [3.63, 3.8) is 0 Å². The third-order valence-corrected chi connectivity index (χ3v) is 15.3. The fourth-order valence-corrected chi connectivity index (χ4v) is 10.5. The molecular formula is C43H62Si2. The molecule has 2 heteroatoms. The molecule has 0 atom stereocenters. The molecule has 0 nitrogen and oxygen atoms in total. The molecule has 0 unspecified atom stereocenters. The minimum Gasteiger partial charge on any atom is -0.126 e. The van der Waals surface area contributed by atoms with Gasteiger partial charge in [0, 0.05) is 19.3 Å². The van der Waals surface area contributed by atoms with E-state index >= 15 is 0 Å². The van der Waals surface area contributed by atoms with Crippen molar-refractivity contribution >= 4 is 26.5 Å². The predicted molar refractivity (Wildman–Crippen MR) is 205 cm³/mol. The Morgan fingerprint density at radius 2 is 0.800 bits per heavy atom. The molecule has 0 aliphatic heterocycles. The van der Waals surface area contributed by atoms with Crippen molar-refractivity contribution in [2.45, 2.75) is 142 Å². The molecule has 3 aliphatic rings. The second-order valence-electron chi connectivity index (χ2n) is 14.9. The van der Waals surface area contributed by atoms with Crippen LogP contribution in [0, 0.1) is 53.0 Å². The highest BCUT2D eigenvalue weighted by molar-refractivity contribution is 6.96. The van der Waals surface area contributed by atoms with Gasteiger partial charge < -0.3 is 0 Å². The highest BCUT2D eigenvalue weighted by Crippen LogP contribution is 2.27. The summed E-state index contributed by atoms with van der Waals surface area (Å²) in [5.41, 5.74) is 7.22. The van der Waals surface area contributed by atoms with Gasteiger partial charge in [-0.25, -0.2) is 0 Å². The third-order valence-electron chi connectivity index (χ3n) is 10.2. The normalized spacial score (nSPS) is 17.8. The molecule has 0 spiro atoms. The molecule has 3 saturated carbocycles. The molecule has 0 radical (unpaired) electrons. The molecule has 2 aromatic rings. The third kappa shape index (κ3) is 14.7. The molecule has 242 valence electrons. The minimum absolute atomic E-state index is 0.865. The standard InChI is InChI=1S/2C17H24Si.C9H14/c2*1-18(2,17-13-7-4-8-14-17)15-9-12-16-10-5-3-6-11-16;1-2-6-9-7-4-3-5-8-9/h2*4,7-8,13-14,16H,3,5-6,10-12H2,1-2H3;1,9H,3-8H2. The summed E-state index contributed by atoms with van der Waals surface area (Å²) in [5.74, 6) is 12.4. The maximum atomic E-state index is 5.21. The molecule has 0 aromatic heterocycles. The fourth-order valence-electron chi connectivity index (χ4n) is 7.03. The number of benzene rings is 2. The topological polar surface area (TPSA) is 0 Å². The summed E-state index contributed by atoms with van der Waals surface area (Å²) >= 11 is 0. The zero-order chi connectivity index (χ0) is 32.2. The molecule has 0 N–H and O–H groups in total. The van der Waals surface area contributed by atoms with E-state index in [1.54, 1.807) is 0 Å². The Bertz CT molecular complexity index is 1140. The van der Waals surface area contributed by atoms with Crippen molar-refractivity contribution < 1.29 is 0 Å². The van der Waals surface area contributed by atoms with Crippen LogP contribution in [0.1, 0.15) is 116 Å². The predicted octanol–water partition coefficient (Wildman–Crippen LogP) is 10.8. The smallest absolute Gasteiger partial charge is 0.126 e. The van der Waals surface area contributed by atoms with Gasteiger partial charge in [0.15, 0.2) is 16.1 Å². The Balaban J connectivity index is 0.000000195. The van der Waals surface area contributed by atoms with Crippen LogP contribution in [0.4, 0.5) is 0 Å². The first-order valence-corrected chi connectivity index (χ1v) is 24.3. The van der Waals surface area contributed by atoms with Gasteiger partial charge in [0.1, 0.15) is 0 Å². The van der Waals surface area contributed by atoms with Gasteiger partial charge in [0.05, 0.1) is 0 Å². The summed E-state index contributed by atoms with van der Waals surface area (Å²) in [4.78, 5) is 0. The Labute approximate surface area is 281 Å². The molecule has 0 saturated heterocycles. The summed E-state index contributed by atoms with van der Waals surface area (Å²) in [5, 5.41) is 2.92. The van der Waals surface area contributed by atoms with Crippen LogP contribution < -0.4 is 10.4 Å². The van der Waals surface area contributed by atoms with Gasteiger partial charge in [-0.05, 0) is 66.7 Å². The Kier molecular flexibility index (Phi) is 17.0. The summed E-state index contributed by atoms with van der Waals surface area (Å²) in [6.07, 6.45) is 29.7. The molecule has 0 bridgehead atoms. The SMILES string of the molecule is C#CCC1CCCCC1.C[Si](C)(C#CCC1CCCCC1)c1ccccc1.C[Si](C)(C#CCC1CCCCC1)c1ccccc1. The van der Waals surface area contributed by atoms with Crippen LogP contribution in [0.5, 0.6) is 0 Å². The lowest BCUT2D eigenvalue weighted by molar-refractivity contribution is 0.365. The van der Waals surface area contributed by atoms with Gasteiger partial charge in [-0.3, -0.25) is 0 Å². The van der Waals surface area contributed by atoms with Crippen LogP contribution in [0.15, 0.2) is 60.7 Å². The lowest BCUT2D eigenvalue weighted by Gasteiger charge is -2.19. The average Bonchev–Trinajstić information content (AvgIpc) is 3.08. The number of rotatable bonds is 5. The zero-order valence-electron chi connectivity index (χ0n) is 29.3. The highest BCUT2D eigenvalue weighted by atomic mass is 28.3. The van der Waals surface area contributed by atoms with E-state index in [0.717, 1.165) is 37.0 Å². The Morgan fingerprint density at radius 3 is 1.11 bits per heavy atom. The van der Waals surface area contributed by atoms with Crippen LogP contribution in [0.2, 0.25) is 26.2 Å².